The second kappa shape index (κ2) is 8.32. The molecular weight excluding hydrogens is 416 g/mol. The Labute approximate surface area is 184 Å². The van der Waals surface area contributed by atoms with Gasteiger partial charge in [-0.3, -0.25) is 4.90 Å². The lowest BCUT2D eigenvalue weighted by molar-refractivity contribution is 0.175. The van der Waals surface area contributed by atoms with Gasteiger partial charge in [0.15, 0.2) is 5.82 Å². The zero-order chi connectivity index (χ0) is 20.5. The SMILES string of the molecule is O[C@@H]1CCN(Cc2nc3c(Nc4cccc(-c5ccccc5)c4Cl)nccc3s2)C1. The molecule has 30 heavy (non-hydrogen) atoms. The zero-order valence-corrected chi connectivity index (χ0v) is 17.8. The maximum absolute atomic E-state index is 9.77. The van der Waals surface area contributed by atoms with Crippen LogP contribution in [0, 0.1) is 0 Å². The van der Waals surface area contributed by atoms with Gasteiger partial charge in [-0.05, 0) is 24.1 Å². The first-order chi connectivity index (χ1) is 14.7. The highest BCUT2D eigenvalue weighted by molar-refractivity contribution is 7.18. The van der Waals surface area contributed by atoms with Crippen LogP contribution in [0.5, 0.6) is 0 Å². The summed E-state index contributed by atoms with van der Waals surface area (Å²) in [4.78, 5) is 11.6. The molecule has 1 aliphatic rings. The molecule has 2 aromatic carbocycles. The summed E-state index contributed by atoms with van der Waals surface area (Å²) in [5.74, 6) is 0.698. The summed E-state index contributed by atoms with van der Waals surface area (Å²) < 4.78 is 1.08. The molecular formula is C23H21ClN4OS. The Morgan fingerprint density at radius 2 is 2.00 bits per heavy atom. The highest BCUT2D eigenvalue weighted by atomic mass is 35.5. The van der Waals surface area contributed by atoms with E-state index in [1.165, 1.54) is 0 Å². The van der Waals surface area contributed by atoms with Gasteiger partial charge in [0.05, 0.1) is 28.1 Å². The van der Waals surface area contributed by atoms with Crippen molar-refractivity contribution in [3.05, 3.63) is 70.8 Å². The smallest absolute Gasteiger partial charge is 0.157 e. The minimum atomic E-state index is -0.225. The monoisotopic (exact) mass is 436 g/mol. The molecule has 0 bridgehead atoms. The highest BCUT2D eigenvalue weighted by Crippen LogP contribution is 2.36. The molecule has 3 heterocycles. The Morgan fingerprint density at radius 3 is 2.80 bits per heavy atom. The standard InChI is InChI=1S/C23H21ClN4OS/c24-21-17(15-5-2-1-3-6-15)7-4-8-18(21)26-23-22-19(9-11-25-23)30-20(27-22)14-28-12-10-16(29)13-28/h1-9,11,16,29H,10,12-14H2,(H,25,26)/t16-/m1/s1. The molecule has 2 N–H and O–H groups in total. The molecule has 5 nitrogen and oxygen atoms in total. The van der Waals surface area contributed by atoms with Gasteiger partial charge in [0.1, 0.15) is 10.5 Å². The van der Waals surface area contributed by atoms with Gasteiger partial charge in [0.25, 0.3) is 0 Å². The lowest BCUT2D eigenvalue weighted by Gasteiger charge is -2.12. The van der Waals surface area contributed by atoms with Gasteiger partial charge in [-0.15, -0.1) is 11.3 Å². The second-order valence-electron chi connectivity index (χ2n) is 7.45. The predicted molar refractivity (Wildman–Crippen MR) is 123 cm³/mol. The highest BCUT2D eigenvalue weighted by Gasteiger charge is 2.21. The third kappa shape index (κ3) is 3.91. The molecule has 1 aliphatic heterocycles. The molecule has 1 saturated heterocycles. The number of anilines is 2. The number of aliphatic hydroxyl groups is 1. The van der Waals surface area contributed by atoms with Crippen LogP contribution >= 0.6 is 22.9 Å². The van der Waals surface area contributed by atoms with Crippen molar-refractivity contribution < 1.29 is 5.11 Å². The maximum atomic E-state index is 9.77. The number of nitrogens with zero attached hydrogens (tertiary/aromatic N) is 3. The number of pyridine rings is 1. The van der Waals surface area contributed by atoms with E-state index in [1.54, 1.807) is 17.5 Å². The molecule has 1 fully saturated rings. The number of benzene rings is 2. The van der Waals surface area contributed by atoms with Crippen LogP contribution in [0.1, 0.15) is 11.4 Å². The summed E-state index contributed by atoms with van der Waals surface area (Å²) in [7, 11) is 0. The molecule has 0 radical (unpaired) electrons. The molecule has 0 amide bonds. The van der Waals surface area contributed by atoms with Gasteiger partial charge in [0.2, 0.25) is 0 Å². The van der Waals surface area contributed by atoms with E-state index in [0.29, 0.717) is 17.4 Å². The minimum absolute atomic E-state index is 0.225. The maximum Gasteiger partial charge on any atom is 0.157 e. The van der Waals surface area contributed by atoms with Crippen molar-refractivity contribution in [3.8, 4) is 11.1 Å². The minimum Gasteiger partial charge on any atom is -0.392 e. The summed E-state index contributed by atoms with van der Waals surface area (Å²) in [6.45, 7) is 2.36. The molecule has 0 unspecified atom stereocenters. The van der Waals surface area contributed by atoms with Gasteiger partial charge in [-0.2, -0.15) is 0 Å². The van der Waals surface area contributed by atoms with E-state index in [9.17, 15) is 5.11 Å². The van der Waals surface area contributed by atoms with E-state index in [4.69, 9.17) is 16.6 Å². The fraction of sp³-hybridized carbons (Fsp3) is 0.217. The number of β-amino-alcohol motifs (C(OH)–C–C–N with tert-alkyl or cyclic N) is 1. The molecule has 5 rings (SSSR count). The molecule has 1 atom stereocenters. The first-order valence-corrected chi connectivity index (χ1v) is 11.1. The Balaban J connectivity index is 1.44. The van der Waals surface area contributed by atoms with Gasteiger partial charge in [-0.25, -0.2) is 9.97 Å². The van der Waals surface area contributed by atoms with Crippen molar-refractivity contribution in [3.63, 3.8) is 0 Å². The molecule has 2 aromatic heterocycles. The van der Waals surface area contributed by atoms with Crippen LogP contribution in [0.15, 0.2) is 60.8 Å². The molecule has 0 spiro atoms. The first-order valence-electron chi connectivity index (χ1n) is 9.93. The predicted octanol–water partition coefficient (Wildman–Crippen LogP) is 5.32. The van der Waals surface area contributed by atoms with Crippen molar-refractivity contribution in [2.45, 2.75) is 19.1 Å². The lowest BCUT2D eigenvalue weighted by Crippen LogP contribution is -2.21. The number of rotatable bonds is 5. The van der Waals surface area contributed by atoms with Crippen LogP contribution in [0.2, 0.25) is 5.02 Å². The van der Waals surface area contributed by atoms with Gasteiger partial charge >= 0.3 is 0 Å². The van der Waals surface area contributed by atoms with Gasteiger partial charge in [0, 0.05) is 24.8 Å². The number of hydrogen-bond donors (Lipinski definition) is 2. The summed E-state index contributed by atoms with van der Waals surface area (Å²) in [5, 5.41) is 14.8. The van der Waals surface area contributed by atoms with Gasteiger partial charge in [-0.1, -0.05) is 54.1 Å². The van der Waals surface area contributed by atoms with Crippen molar-refractivity contribution in [1.82, 2.24) is 14.9 Å². The van der Waals surface area contributed by atoms with Crippen LogP contribution in [0.25, 0.3) is 21.3 Å². The summed E-state index contributed by atoms with van der Waals surface area (Å²) in [5.41, 5.74) is 3.69. The van der Waals surface area contributed by atoms with E-state index < -0.39 is 0 Å². The van der Waals surface area contributed by atoms with Crippen LogP contribution in [0.3, 0.4) is 0 Å². The topological polar surface area (TPSA) is 61.3 Å². The average molecular weight is 437 g/mol. The molecule has 0 saturated carbocycles. The fourth-order valence-corrected chi connectivity index (χ4v) is 5.09. The largest absolute Gasteiger partial charge is 0.392 e. The van der Waals surface area contributed by atoms with Crippen LogP contribution < -0.4 is 5.32 Å². The average Bonchev–Trinajstić information content (AvgIpc) is 3.36. The van der Waals surface area contributed by atoms with Crippen molar-refractivity contribution in [2.75, 3.05) is 18.4 Å². The number of aromatic nitrogens is 2. The normalized spacial score (nSPS) is 16.9. The number of thiazole rings is 1. The third-order valence-corrected chi connectivity index (χ3v) is 6.71. The number of halogens is 1. The van der Waals surface area contributed by atoms with E-state index in [-0.39, 0.29) is 6.10 Å². The number of fused-ring (bicyclic) bond motifs is 1. The molecule has 0 aliphatic carbocycles. The third-order valence-electron chi connectivity index (χ3n) is 5.29. The second-order valence-corrected chi connectivity index (χ2v) is 8.94. The first kappa shape index (κ1) is 19.5. The van der Waals surface area contributed by atoms with Crippen LogP contribution in [0.4, 0.5) is 11.5 Å². The molecule has 4 aromatic rings. The van der Waals surface area contributed by atoms with Crippen molar-refractivity contribution in [1.29, 1.82) is 0 Å². The molecule has 7 heteroatoms. The summed E-state index contributed by atoms with van der Waals surface area (Å²) >= 11 is 8.41. The summed E-state index contributed by atoms with van der Waals surface area (Å²) in [6.07, 6.45) is 2.40. The Hall–Kier alpha value is -2.51. The van der Waals surface area contributed by atoms with E-state index in [1.807, 2.05) is 54.6 Å². The quantitative estimate of drug-likeness (QED) is 0.443. The number of nitrogens with one attached hydrogen (secondary N) is 1. The van der Waals surface area contributed by atoms with Crippen molar-refractivity contribution >= 4 is 44.7 Å². The Kier molecular flexibility index (Phi) is 5.39. The number of likely N-dealkylation sites (tertiary alicyclic amines) is 1. The Morgan fingerprint density at radius 1 is 1.13 bits per heavy atom. The number of hydrogen-bond acceptors (Lipinski definition) is 6. The van der Waals surface area contributed by atoms with E-state index in [0.717, 1.165) is 51.5 Å². The summed E-state index contributed by atoms with van der Waals surface area (Å²) in [6, 6.07) is 18.0. The van der Waals surface area contributed by atoms with Crippen LogP contribution in [-0.4, -0.2) is 39.2 Å². The molecule has 152 valence electrons. The zero-order valence-electron chi connectivity index (χ0n) is 16.3. The fourth-order valence-electron chi connectivity index (χ4n) is 3.80. The van der Waals surface area contributed by atoms with Crippen molar-refractivity contribution in [2.24, 2.45) is 0 Å². The number of aliphatic hydroxyl groups excluding tert-OH is 1. The lowest BCUT2D eigenvalue weighted by atomic mass is 10.1. The van der Waals surface area contributed by atoms with Crippen LogP contribution in [-0.2, 0) is 6.54 Å². The van der Waals surface area contributed by atoms with Gasteiger partial charge < -0.3 is 10.4 Å². The Bertz CT molecular complexity index is 1180. The van der Waals surface area contributed by atoms with E-state index >= 15 is 0 Å². The van der Waals surface area contributed by atoms with E-state index in [2.05, 4.69) is 15.2 Å².